The van der Waals surface area contributed by atoms with Crippen LogP contribution in [0.4, 0.5) is 5.69 Å². The highest BCUT2D eigenvalue weighted by atomic mass is 16.5. The molecule has 7 nitrogen and oxygen atoms in total. The van der Waals surface area contributed by atoms with E-state index in [0.29, 0.717) is 5.75 Å². The number of methoxy groups -OCH3 is 1. The van der Waals surface area contributed by atoms with Crippen LogP contribution < -0.4 is 15.6 Å². The number of rotatable bonds is 4. The third-order valence-electron chi connectivity index (χ3n) is 4.29. The van der Waals surface area contributed by atoms with Crippen LogP contribution >= 0.6 is 0 Å². The topological polar surface area (TPSA) is 108 Å². The van der Waals surface area contributed by atoms with Crippen molar-refractivity contribution in [2.75, 3.05) is 12.4 Å². The minimum absolute atomic E-state index is 0.0205. The van der Waals surface area contributed by atoms with Gasteiger partial charge in [0.05, 0.1) is 18.4 Å². The molecule has 0 radical (unpaired) electrons. The Balaban J connectivity index is 1.93. The molecule has 0 saturated heterocycles. The summed E-state index contributed by atoms with van der Waals surface area (Å²) in [5, 5.41) is 11.8. The smallest absolute Gasteiger partial charge is 0.337 e. The van der Waals surface area contributed by atoms with E-state index in [1.54, 1.807) is 12.1 Å². The third kappa shape index (κ3) is 3.40. The molecule has 1 amide bonds. The van der Waals surface area contributed by atoms with Gasteiger partial charge in [0.2, 0.25) is 0 Å². The fourth-order valence-electron chi connectivity index (χ4n) is 2.97. The first kappa shape index (κ1) is 16.8. The molecule has 25 heavy (non-hydrogen) atoms. The number of ether oxygens (including phenoxy) is 1. The van der Waals surface area contributed by atoms with E-state index in [0.717, 1.165) is 36.9 Å². The number of carboxylic acids is 1. The number of H-pyrrole nitrogens is 1. The number of aromatic nitrogens is 1. The Bertz CT molecular complexity index is 901. The maximum atomic E-state index is 12.5. The molecule has 130 valence electrons. The van der Waals surface area contributed by atoms with Gasteiger partial charge in [-0.3, -0.25) is 9.59 Å². The SMILES string of the molecule is COc1ccc(NC(=O)c2cc3c([nH]c2=O)CCCC3)c(C(=O)O)c1. The van der Waals surface area contributed by atoms with Gasteiger partial charge in [-0.05, 0) is 55.5 Å². The molecule has 0 unspecified atom stereocenters. The number of carboxylic acid groups (broad SMARTS) is 1. The Labute approximate surface area is 143 Å². The molecule has 3 N–H and O–H groups in total. The van der Waals surface area contributed by atoms with Crippen LogP contribution in [0.2, 0.25) is 0 Å². The molecule has 0 fully saturated rings. The maximum absolute atomic E-state index is 12.5. The minimum Gasteiger partial charge on any atom is -0.497 e. The van der Waals surface area contributed by atoms with Crippen molar-refractivity contribution < 1.29 is 19.4 Å². The molecule has 2 aromatic rings. The lowest BCUT2D eigenvalue weighted by atomic mass is 9.95. The van der Waals surface area contributed by atoms with Gasteiger partial charge in [0.1, 0.15) is 11.3 Å². The van der Waals surface area contributed by atoms with E-state index < -0.39 is 17.4 Å². The minimum atomic E-state index is -1.20. The fraction of sp³-hybridized carbons (Fsp3) is 0.278. The van der Waals surface area contributed by atoms with Crippen LogP contribution in [0.15, 0.2) is 29.1 Å². The van der Waals surface area contributed by atoms with E-state index in [-0.39, 0.29) is 16.8 Å². The van der Waals surface area contributed by atoms with Crippen LogP contribution in [0.25, 0.3) is 0 Å². The summed E-state index contributed by atoms with van der Waals surface area (Å²) in [5.41, 5.74) is 1.35. The number of pyridine rings is 1. The van der Waals surface area contributed by atoms with Gasteiger partial charge < -0.3 is 20.1 Å². The number of benzene rings is 1. The molecule has 0 atom stereocenters. The monoisotopic (exact) mass is 342 g/mol. The largest absolute Gasteiger partial charge is 0.497 e. The molecule has 7 heteroatoms. The lowest BCUT2D eigenvalue weighted by Crippen LogP contribution is -2.26. The van der Waals surface area contributed by atoms with Crippen molar-refractivity contribution in [1.29, 1.82) is 0 Å². The summed E-state index contributed by atoms with van der Waals surface area (Å²) < 4.78 is 5.00. The number of aromatic amines is 1. The highest BCUT2D eigenvalue weighted by Crippen LogP contribution is 2.23. The number of nitrogens with one attached hydrogen (secondary N) is 2. The average Bonchev–Trinajstić information content (AvgIpc) is 2.61. The van der Waals surface area contributed by atoms with E-state index in [4.69, 9.17) is 4.74 Å². The summed E-state index contributed by atoms with van der Waals surface area (Å²) in [6.45, 7) is 0. The summed E-state index contributed by atoms with van der Waals surface area (Å²) in [4.78, 5) is 38.8. The van der Waals surface area contributed by atoms with Crippen molar-refractivity contribution in [2.24, 2.45) is 0 Å². The predicted molar refractivity (Wildman–Crippen MR) is 91.6 cm³/mol. The first-order chi connectivity index (χ1) is 12.0. The molecule has 0 aliphatic heterocycles. The number of carbonyl (C=O) groups is 2. The molecule has 1 aliphatic rings. The van der Waals surface area contributed by atoms with Crippen LogP contribution in [-0.4, -0.2) is 29.1 Å². The van der Waals surface area contributed by atoms with Gasteiger partial charge in [0.15, 0.2) is 0 Å². The zero-order valence-corrected chi connectivity index (χ0v) is 13.7. The van der Waals surface area contributed by atoms with Crippen molar-refractivity contribution in [3.63, 3.8) is 0 Å². The Morgan fingerprint density at radius 1 is 1.16 bits per heavy atom. The van der Waals surface area contributed by atoms with Gasteiger partial charge >= 0.3 is 5.97 Å². The number of hydrogen-bond acceptors (Lipinski definition) is 4. The van der Waals surface area contributed by atoms with Gasteiger partial charge in [-0.15, -0.1) is 0 Å². The molecule has 1 aromatic heterocycles. The van der Waals surface area contributed by atoms with E-state index >= 15 is 0 Å². The highest BCUT2D eigenvalue weighted by molar-refractivity contribution is 6.07. The highest BCUT2D eigenvalue weighted by Gasteiger charge is 2.19. The standard InChI is InChI=1S/C18H18N2O5/c1-25-11-6-7-15(12(9-11)18(23)24)20-17(22)13-8-10-4-2-3-5-14(10)19-16(13)21/h6-9H,2-5H2,1H3,(H,19,21)(H,20,22)(H,23,24). The molecule has 3 rings (SSSR count). The van der Waals surface area contributed by atoms with Crippen molar-refractivity contribution in [3.05, 3.63) is 57.0 Å². The lowest BCUT2D eigenvalue weighted by molar-refractivity contribution is 0.0697. The molecule has 0 spiro atoms. The van der Waals surface area contributed by atoms with E-state index in [9.17, 15) is 19.5 Å². The summed E-state index contributed by atoms with van der Waals surface area (Å²) in [6.07, 6.45) is 3.65. The van der Waals surface area contributed by atoms with E-state index in [2.05, 4.69) is 10.3 Å². The molecule has 1 heterocycles. The summed E-state index contributed by atoms with van der Waals surface area (Å²) in [5.74, 6) is -1.47. The number of amides is 1. The van der Waals surface area contributed by atoms with Crippen molar-refractivity contribution in [2.45, 2.75) is 25.7 Å². The Morgan fingerprint density at radius 3 is 2.64 bits per heavy atom. The van der Waals surface area contributed by atoms with Crippen LogP contribution in [0.3, 0.4) is 0 Å². The second-order valence-corrected chi connectivity index (χ2v) is 5.89. The van der Waals surface area contributed by atoms with Crippen molar-refractivity contribution in [1.82, 2.24) is 4.98 Å². The summed E-state index contributed by atoms with van der Waals surface area (Å²) in [6, 6.07) is 5.90. The number of fused-ring (bicyclic) bond motifs is 1. The maximum Gasteiger partial charge on any atom is 0.337 e. The van der Waals surface area contributed by atoms with Gasteiger partial charge in [0, 0.05) is 5.69 Å². The van der Waals surface area contributed by atoms with Crippen molar-refractivity contribution in [3.8, 4) is 5.75 Å². The van der Waals surface area contributed by atoms with Crippen LogP contribution in [0.1, 0.15) is 44.8 Å². The second kappa shape index (κ2) is 6.80. The predicted octanol–water partition coefficient (Wildman–Crippen LogP) is 2.21. The second-order valence-electron chi connectivity index (χ2n) is 5.89. The van der Waals surface area contributed by atoms with Crippen LogP contribution in [0, 0.1) is 0 Å². The van der Waals surface area contributed by atoms with Gasteiger partial charge in [-0.2, -0.15) is 0 Å². The number of aryl methyl sites for hydroxylation is 2. The lowest BCUT2D eigenvalue weighted by Gasteiger charge is -2.16. The zero-order valence-electron chi connectivity index (χ0n) is 13.7. The number of aromatic carboxylic acids is 1. The molecule has 1 aromatic carbocycles. The summed E-state index contributed by atoms with van der Waals surface area (Å²) in [7, 11) is 1.42. The third-order valence-corrected chi connectivity index (χ3v) is 4.29. The van der Waals surface area contributed by atoms with Crippen LogP contribution in [-0.2, 0) is 12.8 Å². The van der Waals surface area contributed by atoms with Gasteiger partial charge in [-0.25, -0.2) is 4.79 Å². The van der Waals surface area contributed by atoms with Crippen LogP contribution in [0.5, 0.6) is 5.75 Å². The first-order valence-electron chi connectivity index (χ1n) is 7.97. The first-order valence-corrected chi connectivity index (χ1v) is 7.97. The Kier molecular flexibility index (Phi) is 4.56. The van der Waals surface area contributed by atoms with Gasteiger partial charge in [-0.1, -0.05) is 0 Å². The van der Waals surface area contributed by atoms with E-state index in [1.165, 1.54) is 19.2 Å². The molecule has 0 saturated carbocycles. The van der Waals surface area contributed by atoms with Gasteiger partial charge in [0.25, 0.3) is 11.5 Å². The van der Waals surface area contributed by atoms with Crippen molar-refractivity contribution >= 4 is 17.6 Å². The zero-order chi connectivity index (χ0) is 18.0. The molecular formula is C18H18N2O5. The Hall–Kier alpha value is -3.09. The average molecular weight is 342 g/mol. The quantitative estimate of drug-likeness (QED) is 0.789. The molecule has 1 aliphatic carbocycles. The number of anilines is 1. The molecule has 0 bridgehead atoms. The van der Waals surface area contributed by atoms with E-state index in [1.807, 2.05) is 0 Å². The molecular weight excluding hydrogens is 324 g/mol. The number of hydrogen-bond donors (Lipinski definition) is 3. The fourth-order valence-corrected chi connectivity index (χ4v) is 2.97. The normalized spacial score (nSPS) is 13.0. The Morgan fingerprint density at radius 2 is 1.92 bits per heavy atom. The number of carbonyl (C=O) groups excluding carboxylic acids is 1. The summed E-state index contributed by atoms with van der Waals surface area (Å²) >= 11 is 0.